The molecule has 0 aliphatic heterocycles. The third kappa shape index (κ3) is 4.25. The van der Waals surface area contributed by atoms with Gasteiger partial charge in [-0.1, -0.05) is 37.5 Å². The highest BCUT2D eigenvalue weighted by atomic mass is 32.1. The molecular formula is C19H26N2OS. The van der Waals surface area contributed by atoms with Gasteiger partial charge in [0, 0.05) is 24.8 Å². The number of carbonyl (C=O) groups is 1. The van der Waals surface area contributed by atoms with Crippen LogP contribution in [0.15, 0.2) is 29.6 Å². The minimum Gasteiger partial charge on any atom is -0.338 e. The minimum atomic E-state index is 0.0649. The van der Waals surface area contributed by atoms with E-state index in [2.05, 4.69) is 35.0 Å². The van der Waals surface area contributed by atoms with Gasteiger partial charge in [0.2, 0.25) is 0 Å². The molecule has 23 heavy (non-hydrogen) atoms. The van der Waals surface area contributed by atoms with Crippen molar-refractivity contribution in [2.24, 2.45) is 5.92 Å². The first-order chi connectivity index (χ1) is 11.2. The van der Waals surface area contributed by atoms with Crippen LogP contribution in [0.2, 0.25) is 0 Å². The Morgan fingerprint density at radius 3 is 2.87 bits per heavy atom. The predicted molar refractivity (Wildman–Crippen MR) is 98.1 cm³/mol. The standard InChI is InChI=1S/C19H26N2OS/c1-21(13-15-7-3-2-4-8-15)19(22)20-12-11-16-14-23-18-10-6-5-9-17(16)18/h5-6,9-10,14-15H,2-4,7-8,11-13H2,1H3,(H,20,22). The molecule has 1 aliphatic carbocycles. The number of hydrogen-bond donors (Lipinski definition) is 1. The second kappa shape index (κ2) is 7.82. The van der Waals surface area contributed by atoms with Gasteiger partial charge in [-0.05, 0) is 47.6 Å². The quantitative estimate of drug-likeness (QED) is 0.849. The fourth-order valence-electron chi connectivity index (χ4n) is 3.51. The topological polar surface area (TPSA) is 32.3 Å². The Labute approximate surface area is 142 Å². The molecule has 0 unspecified atom stereocenters. The number of fused-ring (bicyclic) bond motifs is 1. The molecule has 1 aromatic heterocycles. The average Bonchev–Trinajstić information content (AvgIpc) is 2.99. The van der Waals surface area contributed by atoms with Gasteiger partial charge in [0.05, 0.1) is 0 Å². The zero-order chi connectivity index (χ0) is 16.1. The monoisotopic (exact) mass is 330 g/mol. The summed E-state index contributed by atoms with van der Waals surface area (Å²) in [6.45, 7) is 1.60. The second-order valence-corrected chi connectivity index (χ2v) is 7.53. The maximum Gasteiger partial charge on any atom is 0.317 e. The van der Waals surface area contributed by atoms with Crippen molar-refractivity contribution < 1.29 is 4.79 Å². The van der Waals surface area contributed by atoms with Crippen molar-refractivity contribution in [3.05, 3.63) is 35.2 Å². The van der Waals surface area contributed by atoms with Gasteiger partial charge in [-0.3, -0.25) is 0 Å². The van der Waals surface area contributed by atoms with Crippen LogP contribution in [-0.2, 0) is 6.42 Å². The molecule has 1 aliphatic rings. The Kier molecular flexibility index (Phi) is 5.55. The average molecular weight is 330 g/mol. The van der Waals surface area contributed by atoms with Crippen molar-refractivity contribution in [3.8, 4) is 0 Å². The summed E-state index contributed by atoms with van der Waals surface area (Å²) >= 11 is 1.78. The van der Waals surface area contributed by atoms with Crippen LogP contribution in [-0.4, -0.2) is 31.1 Å². The molecule has 0 radical (unpaired) electrons. The van der Waals surface area contributed by atoms with Gasteiger partial charge in [-0.25, -0.2) is 4.79 Å². The maximum atomic E-state index is 12.2. The summed E-state index contributed by atoms with van der Waals surface area (Å²) in [7, 11) is 1.92. The highest BCUT2D eigenvalue weighted by molar-refractivity contribution is 7.17. The number of thiophene rings is 1. The lowest BCUT2D eigenvalue weighted by Crippen LogP contribution is -2.40. The van der Waals surface area contributed by atoms with Crippen LogP contribution < -0.4 is 5.32 Å². The third-order valence-corrected chi connectivity index (χ3v) is 5.85. The van der Waals surface area contributed by atoms with Crippen LogP contribution in [0.4, 0.5) is 4.79 Å². The van der Waals surface area contributed by atoms with E-state index < -0.39 is 0 Å². The molecule has 0 saturated heterocycles. The van der Waals surface area contributed by atoms with Gasteiger partial charge < -0.3 is 10.2 Å². The van der Waals surface area contributed by atoms with E-state index in [0.717, 1.165) is 13.0 Å². The highest BCUT2D eigenvalue weighted by Crippen LogP contribution is 2.26. The minimum absolute atomic E-state index is 0.0649. The second-order valence-electron chi connectivity index (χ2n) is 6.62. The van der Waals surface area contributed by atoms with Gasteiger partial charge in [0.25, 0.3) is 0 Å². The number of rotatable bonds is 5. The number of amides is 2. The van der Waals surface area contributed by atoms with Crippen LogP contribution in [0.3, 0.4) is 0 Å². The Balaban J connectivity index is 1.45. The molecular weight excluding hydrogens is 304 g/mol. The first kappa shape index (κ1) is 16.3. The molecule has 3 nitrogen and oxygen atoms in total. The van der Waals surface area contributed by atoms with Gasteiger partial charge in [-0.2, -0.15) is 0 Å². The molecule has 4 heteroatoms. The van der Waals surface area contributed by atoms with E-state index >= 15 is 0 Å². The molecule has 1 fully saturated rings. The Bertz CT molecular complexity index is 646. The predicted octanol–water partition coefficient (Wildman–Crippen LogP) is 4.67. The van der Waals surface area contributed by atoms with Crippen LogP contribution in [0.5, 0.6) is 0 Å². The molecule has 1 heterocycles. The maximum absolute atomic E-state index is 12.2. The summed E-state index contributed by atoms with van der Waals surface area (Å²) in [6.07, 6.45) is 7.46. The van der Waals surface area contributed by atoms with Crippen LogP contribution in [0.1, 0.15) is 37.7 Å². The number of hydrogen-bond acceptors (Lipinski definition) is 2. The van der Waals surface area contributed by atoms with E-state index in [0.29, 0.717) is 12.5 Å². The molecule has 2 amide bonds. The SMILES string of the molecule is CN(CC1CCCCC1)C(=O)NCCc1csc2ccccc12. The fraction of sp³-hybridized carbons (Fsp3) is 0.526. The zero-order valence-electron chi connectivity index (χ0n) is 13.9. The van der Waals surface area contributed by atoms with Crippen molar-refractivity contribution in [1.29, 1.82) is 0 Å². The molecule has 1 N–H and O–H groups in total. The zero-order valence-corrected chi connectivity index (χ0v) is 14.7. The van der Waals surface area contributed by atoms with E-state index in [1.165, 1.54) is 47.8 Å². The number of nitrogens with one attached hydrogen (secondary N) is 1. The molecule has 0 bridgehead atoms. The largest absolute Gasteiger partial charge is 0.338 e. The van der Waals surface area contributed by atoms with Gasteiger partial charge in [-0.15, -0.1) is 11.3 Å². The van der Waals surface area contributed by atoms with Crippen LogP contribution in [0.25, 0.3) is 10.1 Å². The normalized spacial score (nSPS) is 15.7. The summed E-state index contributed by atoms with van der Waals surface area (Å²) in [5.74, 6) is 0.695. The first-order valence-electron chi connectivity index (χ1n) is 8.68. The summed E-state index contributed by atoms with van der Waals surface area (Å²) in [6, 6.07) is 8.54. The smallest absolute Gasteiger partial charge is 0.317 e. The molecule has 2 aromatic rings. The Hall–Kier alpha value is -1.55. The van der Waals surface area contributed by atoms with Gasteiger partial charge in [0.15, 0.2) is 0 Å². The lowest BCUT2D eigenvalue weighted by atomic mass is 9.89. The number of nitrogens with zero attached hydrogens (tertiary/aromatic N) is 1. The Morgan fingerprint density at radius 2 is 2.04 bits per heavy atom. The molecule has 3 rings (SSSR count). The lowest BCUT2D eigenvalue weighted by molar-refractivity contribution is 0.192. The number of carbonyl (C=O) groups excluding carboxylic acids is 1. The fourth-order valence-corrected chi connectivity index (χ4v) is 4.50. The van der Waals surface area contributed by atoms with Crippen molar-refractivity contribution >= 4 is 27.5 Å². The number of urea groups is 1. The highest BCUT2D eigenvalue weighted by Gasteiger charge is 2.18. The van der Waals surface area contributed by atoms with E-state index in [9.17, 15) is 4.79 Å². The van der Waals surface area contributed by atoms with Crippen molar-refractivity contribution in [1.82, 2.24) is 10.2 Å². The van der Waals surface area contributed by atoms with Crippen LogP contribution >= 0.6 is 11.3 Å². The lowest BCUT2D eigenvalue weighted by Gasteiger charge is -2.27. The van der Waals surface area contributed by atoms with Crippen molar-refractivity contribution in [2.45, 2.75) is 38.5 Å². The van der Waals surface area contributed by atoms with E-state index in [-0.39, 0.29) is 6.03 Å². The molecule has 1 saturated carbocycles. The van der Waals surface area contributed by atoms with Gasteiger partial charge in [0.1, 0.15) is 0 Å². The Morgan fingerprint density at radius 1 is 1.26 bits per heavy atom. The van der Waals surface area contributed by atoms with Gasteiger partial charge >= 0.3 is 6.03 Å². The van der Waals surface area contributed by atoms with Crippen molar-refractivity contribution in [2.75, 3.05) is 20.1 Å². The summed E-state index contributed by atoms with van der Waals surface area (Å²) < 4.78 is 1.32. The number of benzene rings is 1. The van der Waals surface area contributed by atoms with Crippen molar-refractivity contribution in [3.63, 3.8) is 0 Å². The summed E-state index contributed by atoms with van der Waals surface area (Å²) in [5.41, 5.74) is 1.33. The third-order valence-electron chi connectivity index (χ3n) is 4.84. The molecule has 0 spiro atoms. The molecule has 0 atom stereocenters. The van der Waals surface area contributed by atoms with E-state index in [1.54, 1.807) is 11.3 Å². The summed E-state index contributed by atoms with van der Waals surface area (Å²) in [5, 5.41) is 6.60. The summed E-state index contributed by atoms with van der Waals surface area (Å²) in [4.78, 5) is 14.1. The van der Waals surface area contributed by atoms with E-state index in [1.807, 2.05) is 11.9 Å². The first-order valence-corrected chi connectivity index (χ1v) is 9.56. The van der Waals surface area contributed by atoms with E-state index in [4.69, 9.17) is 0 Å². The molecule has 124 valence electrons. The molecule has 1 aromatic carbocycles. The van der Waals surface area contributed by atoms with Crippen LogP contribution in [0, 0.1) is 5.92 Å².